The van der Waals surface area contributed by atoms with Gasteiger partial charge in [0.05, 0.1) is 24.2 Å². The van der Waals surface area contributed by atoms with E-state index < -0.39 is 88.5 Å². The smallest absolute Gasteiger partial charge is 0.338 e. The van der Waals surface area contributed by atoms with Crippen molar-refractivity contribution in [2.75, 3.05) is 6.61 Å². The van der Waals surface area contributed by atoms with Gasteiger partial charge in [-0.15, -0.1) is 0 Å². The fourth-order valence-electron chi connectivity index (χ4n) is 8.46. The summed E-state index contributed by atoms with van der Waals surface area (Å²) in [6, 6.07) is 8.09. The maximum atomic E-state index is 13.9. The lowest BCUT2D eigenvalue weighted by Gasteiger charge is -2.69. The van der Waals surface area contributed by atoms with Crippen molar-refractivity contribution >= 4 is 23.9 Å². The van der Waals surface area contributed by atoms with E-state index in [0.29, 0.717) is 5.57 Å². The Morgan fingerprint density at radius 3 is 2.07 bits per heavy atom. The van der Waals surface area contributed by atoms with Crippen LogP contribution in [0.25, 0.3) is 0 Å². The van der Waals surface area contributed by atoms with E-state index in [-0.39, 0.29) is 30.6 Å². The van der Waals surface area contributed by atoms with Gasteiger partial charge in [0, 0.05) is 44.4 Å². The summed E-state index contributed by atoms with van der Waals surface area (Å²) >= 11 is 0. The molecule has 45 heavy (non-hydrogen) atoms. The average molecular weight is 631 g/mol. The van der Waals surface area contributed by atoms with Crippen molar-refractivity contribution in [3.05, 3.63) is 47.0 Å². The molecule has 0 aromatic heterocycles. The van der Waals surface area contributed by atoms with Crippen LogP contribution in [0.15, 0.2) is 41.5 Å². The SMILES string of the molecule is CC(=O)O[C@H]1C[C@@]2(O)[C@@H](OC(=O)c3ccccc3)C3[C@](C)([C@@H](O)C[C@@H]4OC[C@@]34OC(C)=O)[C@@H](O)[C@H](OC(C)=O)C(=C1C)C2(C)C. The van der Waals surface area contributed by atoms with E-state index >= 15 is 0 Å². The summed E-state index contributed by atoms with van der Waals surface area (Å²) in [4.78, 5) is 51.5. The Morgan fingerprint density at radius 1 is 0.911 bits per heavy atom. The van der Waals surface area contributed by atoms with E-state index in [4.69, 9.17) is 23.7 Å². The highest BCUT2D eigenvalue weighted by Crippen LogP contribution is 2.65. The first-order valence-corrected chi connectivity index (χ1v) is 15.1. The van der Waals surface area contributed by atoms with Crippen molar-refractivity contribution in [1.82, 2.24) is 0 Å². The summed E-state index contributed by atoms with van der Waals surface area (Å²) < 4.78 is 29.6. The van der Waals surface area contributed by atoms with Gasteiger partial charge in [-0.3, -0.25) is 14.4 Å². The number of aliphatic hydroxyl groups excluding tert-OH is 2. The van der Waals surface area contributed by atoms with Crippen LogP contribution in [-0.2, 0) is 38.1 Å². The average Bonchev–Trinajstić information content (AvgIpc) is 2.94. The van der Waals surface area contributed by atoms with Crippen molar-refractivity contribution < 1.29 is 58.2 Å². The summed E-state index contributed by atoms with van der Waals surface area (Å²) in [7, 11) is 0. The van der Waals surface area contributed by atoms with Crippen molar-refractivity contribution in [2.24, 2.45) is 16.7 Å². The van der Waals surface area contributed by atoms with Gasteiger partial charge >= 0.3 is 23.9 Å². The van der Waals surface area contributed by atoms with E-state index in [1.54, 1.807) is 45.9 Å². The Kier molecular flexibility index (Phi) is 8.21. The highest BCUT2D eigenvalue weighted by molar-refractivity contribution is 5.89. The largest absolute Gasteiger partial charge is 0.458 e. The van der Waals surface area contributed by atoms with Crippen LogP contribution in [0.5, 0.6) is 0 Å². The highest BCUT2D eigenvalue weighted by atomic mass is 16.6. The number of rotatable bonds is 5. The van der Waals surface area contributed by atoms with E-state index in [1.807, 2.05) is 0 Å². The minimum Gasteiger partial charge on any atom is -0.458 e. The van der Waals surface area contributed by atoms with E-state index in [9.17, 15) is 34.5 Å². The van der Waals surface area contributed by atoms with Gasteiger partial charge in [0.25, 0.3) is 0 Å². The number of hydrogen-bond acceptors (Lipinski definition) is 12. The number of carbonyl (C=O) groups is 4. The molecule has 0 amide bonds. The lowest BCUT2D eigenvalue weighted by atomic mass is 9.44. The van der Waals surface area contributed by atoms with Gasteiger partial charge in [-0.1, -0.05) is 39.0 Å². The Bertz CT molecular complexity index is 1420. The molecule has 1 heterocycles. The second kappa shape index (κ2) is 11.2. The molecule has 2 bridgehead atoms. The standard InChI is InChI=1S/C33H42O12/c1-16-21(42-17(2)34)14-33(40)28(44-29(39)20-11-9-8-10-12-20)26-31(7,22(37)13-23-32(26,15-41-23)45-19(4)36)27(38)25(43-18(3)35)24(16)30(33,5)6/h8-12,21-23,25-28,37-38,40H,13-15H2,1-7H3/t21-,22-,23-,25+,26?,27-,28-,31-,32-,33+/m0/s1. The zero-order valence-corrected chi connectivity index (χ0v) is 26.6. The molecule has 12 nitrogen and oxygen atoms in total. The molecule has 3 aliphatic carbocycles. The third kappa shape index (κ3) is 4.88. The van der Waals surface area contributed by atoms with Crippen molar-refractivity contribution in [3.8, 4) is 0 Å². The fraction of sp³-hybridized carbons (Fsp3) is 0.636. The summed E-state index contributed by atoms with van der Waals surface area (Å²) in [5.74, 6) is -4.20. The number of aliphatic hydroxyl groups is 3. The van der Waals surface area contributed by atoms with Gasteiger partial charge in [-0.2, -0.15) is 0 Å². The number of benzene rings is 1. The molecule has 0 radical (unpaired) electrons. The molecule has 5 rings (SSSR count). The number of ether oxygens (including phenoxy) is 5. The van der Waals surface area contributed by atoms with Gasteiger partial charge in [0.2, 0.25) is 0 Å². The third-order valence-electron chi connectivity index (χ3n) is 10.7. The topological polar surface area (TPSA) is 175 Å². The maximum Gasteiger partial charge on any atom is 0.338 e. The quantitative estimate of drug-likeness (QED) is 0.246. The van der Waals surface area contributed by atoms with Gasteiger partial charge in [0.15, 0.2) is 11.7 Å². The van der Waals surface area contributed by atoms with Crippen LogP contribution >= 0.6 is 0 Å². The molecule has 4 aliphatic rings. The molecular weight excluding hydrogens is 588 g/mol. The summed E-state index contributed by atoms with van der Waals surface area (Å²) in [5.41, 5.74) is -5.96. The number of carbonyl (C=O) groups excluding carboxylic acids is 4. The zero-order valence-electron chi connectivity index (χ0n) is 26.6. The summed E-state index contributed by atoms with van der Waals surface area (Å²) in [5, 5.41) is 37.4. The molecule has 2 saturated carbocycles. The molecule has 1 saturated heterocycles. The Morgan fingerprint density at radius 2 is 1.53 bits per heavy atom. The molecule has 1 aromatic carbocycles. The van der Waals surface area contributed by atoms with Crippen molar-refractivity contribution in [3.63, 3.8) is 0 Å². The molecule has 3 N–H and O–H groups in total. The van der Waals surface area contributed by atoms with Crippen LogP contribution in [0.4, 0.5) is 0 Å². The van der Waals surface area contributed by atoms with E-state index in [1.165, 1.54) is 32.9 Å². The lowest BCUT2D eigenvalue weighted by molar-refractivity contribution is -0.365. The van der Waals surface area contributed by atoms with E-state index in [2.05, 4.69) is 0 Å². The predicted octanol–water partition coefficient (Wildman–Crippen LogP) is 2.02. The van der Waals surface area contributed by atoms with Crippen molar-refractivity contribution in [1.29, 1.82) is 0 Å². The molecule has 1 unspecified atom stereocenters. The maximum absolute atomic E-state index is 13.9. The Hall–Kier alpha value is -3.32. The first-order chi connectivity index (χ1) is 20.9. The highest BCUT2D eigenvalue weighted by Gasteiger charge is 2.78. The zero-order chi connectivity index (χ0) is 33.3. The fourth-order valence-corrected chi connectivity index (χ4v) is 8.46. The van der Waals surface area contributed by atoms with Crippen LogP contribution in [0.2, 0.25) is 0 Å². The van der Waals surface area contributed by atoms with Gasteiger partial charge in [0.1, 0.15) is 30.0 Å². The van der Waals surface area contributed by atoms with Gasteiger partial charge in [-0.05, 0) is 30.2 Å². The monoisotopic (exact) mass is 630 g/mol. The van der Waals surface area contributed by atoms with Gasteiger partial charge in [-0.25, -0.2) is 4.79 Å². The molecule has 246 valence electrons. The molecule has 1 aliphatic heterocycles. The first kappa shape index (κ1) is 33.1. The number of fused-ring (bicyclic) bond motifs is 5. The lowest BCUT2D eigenvalue weighted by Crippen LogP contribution is -2.82. The number of esters is 4. The molecule has 0 spiro atoms. The van der Waals surface area contributed by atoms with Crippen LogP contribution < -0.4 is 0 Å². The van der Waals surface area contributed by atoms with Crippen LogP contribution in [0.3, 0.4) is 0 Å². The second-order valence-electron chi connectivity index (χ2n) is 13.6. The number of hydrogen-bond donors (Lipinski definition) is 3. The van der Waals surface area contributed by atoms with Gasteiger partial charge < -0.3 is 39.0 Å². The van der Waals surface area contributed by atoms with E-state index in [0.717, 1.165) is 0 Å². The molecular formula is C33H42O12. The molecule has 1 aromatic rings. The van der Waals surface area contributed by atoms with Crippen LogP contribution in [0.1, 0.15) is 71.7 Å². The third-order valence-corrected chi connectivity index (χ3v) is 10.7. The van der Waals surface area contributed by atoms with Crippen molar-refractivity contribution in [2.45, 2.75) is 109 Å². The minimum atomic E-state index is -2.11. The van der Waals surface area contributed by atoms with Crippen LogP contribution in [0, 0.1) is 16.7 Å². The normalized spacial score (nSPS) is 39.9. The minimum absolute atomic E-state index is 0.0700. The molecule has 12 heteroatoms. The Labute approximate surface area is 261 Å². The van der Waals surface area contributed by atoms with Crippen LogP contribution in [-0.4, -0.2) is 93.6 Å². The predicted molar refractivity (Wildman–Crippen MR) is 155 cm³/mol. The Balaban J connectivity index is 1.86. The second-order valence-corrected chi connectivity index (χ2v) is 13.6. The molecule has 10 atom stereocenters. The summed E-state index contributed by atoms with van der Waals surface area (Å²) in [6.45, 7) is 9.94. The molecule has 3 fully saturated rings. The summed E-state index contributed by atoms with van der Waals surface area (Å²) in [6.07, 6.45) is -8.36. The first-order valence-electron chi connectivity index (χ1n) is 15.1.